The molecule has 1 heterocycles. The van der Waals surface area contributed by atoms with Crippen LogP contribution in [0.4, 0.5) is 0 Å². The molecule has 1 aromatic heterocycles. The molecule has 1 atom stereocenters. The van der Waals surface area contributed by atoms with Gasteiger partial charge < -0.3 is 15.0 Å². The van der Waals surface area contributed by atoms with E-state index >= 15 is 0 Å². The van der Waals surface area contributed by atoms with E-state index in [4.69, 9.17) is 15.0 Å². The lowest BCUT2D eigenvalue weighted by molar-refractivity contribution is 0.239. The molecule has 0 radical (unpaired) electrons. The van der Waals surface area contributed by atoms with Gasteiger partial charge in [-0.1, -0.05) is 28.0 Å². The van der Waals surface area contributed by atoms with E-state index in [1.54, 1.807) is 6.92 Å². The summed E-state index contributed by atoms with van der Waals surface area (Å²) >= 11 is 3.52. The minimum atomic E-state index is 0.117. The van der Waals surface area contributed by atoms with E-state index in [0.29, 0.717) is 11.7 Å². The van der Waals surface area contributed by atoms with Crippen LogP contribution in [0.1, 0.15) is 36.2 Å². The highest BCUT2D eigenvalue weighted by molar-refractivity contribution is 9.10. The number of halogens is 1. The Labute approximate surface area is 133 Å². The predicted molar refractivity (Wildman–Crippen MR) is 84.2 cm³/mol. The SMILES string of the molecule is CCC(N)Cc1cc(Br)cc(C)c1OCc1nc(C)no1. The van der Waals surface area contributed by atoms with Gasteiger partial charge in [-0.3, -0.25) is 0 Å². The zero-order valence-corrected chi connectivity index (χ0v) is 14.1. The second kappa shape index (κ2) is 7.04. The Morgan fingerprint density at radius 2 is 2.14 bits per heavy atom. The van der Waals surface area contributed by atoms with E-state index in [0.717, 1.165) is 34.2 Å². The maximum absolute atomic E-state index is 6.07. The lowest BCUT2D eigenvalue weighted by Gasteiger charge is -2.16. The average molecular weight is 354 g/mol. The highest BCUT2D eigenvalue weighted by Crippen LogP contribution is 2.30. The third-order valence-electron chi connectivity index (χ3n) is 3.23. The molecule has 0 fully saturated rings. The van der Waals surface area contributed by atoms with Crippen molar-refractivity contribution in [1.29, 1.82) is 0 Å². The van der Waals surface area contributed by atoms with E-state index in [2.05, 4.69) is 39.1 Å². The molecular weight excluding hydrogens is 334 g/mol. The number of ether oxygens (including phenoxy) is 1. The van der Waals surface area contributed by atoms with Crippen LogP contribution in [0.2, 0.25) is 0 Å². The van der Waals surface area contributed by atoms with Gasteiger partial charge in [0, 0.05) is 10.5 Å². The van der Waals surface area contributed by atoms with Crippen molar-refractivity contribution in [1.82, 2.24) is 10.1 Å². The van der Waals surface area contributed by atoms with E-state index in [9.17, 15) is 0 Å². The van der Waals surface area contributed by atoms with Crippen molar-refractivity contribution in [3.8, 4) is 5.75 Å². The van der Waals surface area contributed by atoms with Gasteiger partial charge in [0.25, 0.3) is 5.89 Å². The minimum absolute atomic E-state index is 0.117. The number of benzene rings is 1. The van der Waals surface area contributed by atoms with Crippen molar-refractivity contribution in [2.24, 2.45) is 5.73 Å². The fraction of sp³-hybridized carbons (Fsp3) is 0.467. The second-order valence-corrected chi connectivity index (χ2v) is 6.02. The summed E-state index contributed by atoms with van der Waals surface area (Å²) in [6, 6.07) is 4.19. The van der Waals surface area contributed by atoms with E-state index in [1.807, 2.05) is 13.0 Å². The van der Waals surface area contributed by atoms with Gasteiger partial charge in [0.05, 0.1) is 0 Å². The van der Waals surface area contributed by atoms with E-state index in [1.165, 1.54) is 0 Å². The molecule has 2 rings (SSSR count). The largest absolute Gasteiger partial charge is 0.483 e. The molecule has 1 unspecified atom stereocenters. The van der Waals surface area contributed by atoms with Gasteiger partial charge in [-0.05, 0) is 49.9 Å². The van der Waals surface area contributed by atoms with Crippen molar-refractivity contribution in [2.45, 2.75) is 46.3 Å². The zero-order valence-electron chi connectivity index (χ0n) is 12.5. The second-order valence-electron chi connectivity index (χ2n) is 5.11. The molecule has 2 aromatic rings. The van der Waals surface area contributed by atoms with Crippen LogP contribution in [0, 0.1) is 13.8 Å². The van der Waals surface area contributed by atoms with Gasteiger partial charge in [-0.2, -0.15) is 4.98 Å². The molecule has 2 N–H and O–H groups in total. The van der Waals surface area contributed by atoms with Crippen LogP contribution in [-0.4, -0.2) is 16.2 Å². The Morgan fingerprint density at radius 1 is 1.38 bits per heavy atom. The number of rotatable bonds is 6. The molecule has 0 bridgehead atoms. The first-order valence-electron chi connectivity index (χ1n) is 6.96. The first kappa shape index (κ1) is 16.0. The van der Waals surface area contributed by atoms with Gasteiger partial charge in [0.2, 0.25) is 0 Å². The number of aromatic nitrogens is 2. The molecule has 0 spiro atoms. The molecule has 0 aliphatic heterocycles. The van der Waals surface area contributed by atoms with Crippen molar-refractivity contribution in [3.05, 3.63) is 39.4 Å². The summed E-state index contributed by atoms with van der Waals surface area (Å²) < 4.78 is 12.0. The number of hydrogen-bond acceptors (Lipinski definition) is 5. The molecule has 21 heavy (non-hydrogen) atoms. The average Bonchev–Trinajstić information content (AvgIpc) is 2.83. The topological polar surface area (TPSA) is 74.2 Å². The smallest absolute Gasteiger partial charge is 0.264 e. The lowest BCUT2D eigenvalue weighted by atomic mass is 10.0. The molecular formula is C15H20BrN3O2. The summed E-state index contributed by atoms with van der Waals surface area (Å²) in [5.74, 6) is 1.92. The van der Waals surface area contributed by atoms with E-state index < -0.39 is 0 Å². The molecule has 6 heteroatoms. The summed E-state index contributed by atoms with van der Waals surface area (Å²) in [7, 11) is 0. The first-order chi connectivity index (χ1) is 9.99. The molecule has 5 nitrogen and oxygen atoms in total. The highest BCUT2D eigenvalue weighted by atomic mass is 79.9. The van der Waals surface area contributed by atoms with Gasteiger partial charge in [0.15, 0.2) is 12.4 Å². The van der Waals surface area contributed by atoms with Crippen LogP contribution in [0.15, 0.2) is 21.1 Å². The van der Waals surface area contributed by atoms with E-state index in [-0.39, 0.29) is 12.6 Å². The number of aryl methyl sites for hydroxylation is 2. The third kappa shape index (κ3) is 4.28. The Bertz CT molecular complexity index is 613. The fourth-order valence-electron chi connectivity index (χ4n) is 2.12. The summed E-state index contributed by atoms with van der Waals surface area (Å²) in [4.78, 5) is 4.14. The normalized spacial score (nSPS) is 12.4. The number of hydrogen-bond donors (Lipinski definition) is 1. The minimum Gasteiger partial charge on any atom is -0.483 e. The Morgan fingerprint density at radius 3 is 2.76 bits per heavy atom. The van der Waals surface area contributed by atoms with Crippen molar-refractivity contribution in [2.75, 3.05) is 0 Å². The van der Waals surface area contributed by atoms with Crippen LogP contribution in [0.3, 0.4) is 0 Å². The maximum Gasteiger partial charge on any atom is 0.264 e. The van der Waals surface area contributed by atoms with Crippen LogP contribution in [-0.2, 0) is 13.0 Å². The molecule has 0 aliphatic rings. The Hall–Kier alpha value is -1.40. The van der Waals surface area contributed by atoms with Crippen LogP contribution >= 0.6 is 15.9 Å². The van der Waals surface area contributed by atoms with Gasteiger partial charge >= 0.3 is 0 Å². The van der Waals surface area contributed by atoms with Crippen LogP contribution in [0.5, 0.6) is 5.75 Å². The number of nitrogens with two attached hydrogens (primary N) is 1. The molecule has 0 saturated heterocycles. The maximum atomic E-state index is 6.07. The number of nitrogens with zero attached hydrogens (tertiary/aromatic N) is 2. The van der Waals surface area contributed by atoms with Crippen LogP contribution < -0.4 is 10.5 Å². The Balaban J connectivity index is 2.19. The molecule has 114 valence electrons. The third-order valence-corrected chi connectivity index (χ3v) is 3.69. The fourth-order valence-corrected chi connectivity index (χ4v) is 2.74. The quantitative estimate of drug-likeness (QED) is 0.862. The van der Waals surface area contributed by atoms with Crippen molar-refractivity contribution < 1.29 is 9.26 Å². The predicted octanol–water partition coefficient (Wildman–Crippen LogP) is 3.31. The molecule has 0 saturated carbocycles. The summed E-state index contributed by atoms with van der Waals surface area (Å²) in [5.41, 5.74) is 8.22. The van der Waals surface area contributed by atoms with Crippen molar-refractivity contribution >= 4 is 15.9 Å². The van der Waals surface area contributed by atoms with Gasteiger partial charge in [0.1, 0.15) is 5.75 Å². The highest BCUT2D eigenvalue weighted by Gasteiger charge is 2.13. The summed E-state index contributed by atoms with van der Waals surface area (Å²) in [6.45, 7) is 6.14. The van der Waals surface area contributed by atoms with Crippen molar-refractivity contribution in [3.63, 3.8) is 0 Å². The monoisotopic (exact) mass is 353 g/mol. The molecule has 0 amide bonds. The Kier molecular flexibility index (Phi) is 5.36. The standard InChI is InChI=1S/C15H20BrN3O2/c1-4-13(17)7-11-6-12(16)5-9(2)15(11)20-8-14-18-10(3)19-21-14/h5-6,13H,4,7-8,17H2,1-3H3. The summed E-state index contributed by atoms with van der Waals surface area (Å²) in [6.07, 6.45) is 1.70. The van der Waals surface area contributed by atoms with Gasteiger partial charge in [-0.25, -0.2) is 0 Å². The zero-order chi connectivity index (χ0) is 15.4. The molecule has 0 aliphatic carbocycles. The summed E-state index contributed by atoms with van der Waals surface area (Å²) in [5, 5.41) is 3.76. The first-order valence-corrected chi connectivity index (χ1v) is 7.75. The van der Waals surface area contributed by atoms with Gasteiger partial charge in [-0.15, -0.1) is 0 Å². The van der Waals surface area contributed by atoms with Crippen LogP contribution in [0.25, 0.3) is 0 Å². The molecule has 1 aromatic carbocycles. The lowest BCUT2D eigenvalue weighted by Crippen LogP contribution is -2.22.